The highest BCUT2D eigenvalue weighted by molar-refractivity contribution is 5.76. The first-order valence-corrected chi connectivity index (χ1v) is 42.8. The molecule has 3 aliphatic heterocycles. The molecule has 106 heavy (non-hydrogen) atoms. The minimum absolute atomic E-state index is 0.249. The number of carbonyl (C=O) groups is 1. The number of unbranched alkanes of at least 4 members (excludes halogenated alkanes) is 38. The van der Waals surface area contributed by atoms with Crippen LogP contribution >= 0.6 is 0 Å². The number of amides is 1. The second kappa shape index (κ2) is 66.6. The van der Waals surface area contributed by atoms with Crippen LogP contribution in [0.5, 0.6) is 0 Å². The molecule has 0 radical (unpaired) electrons. The van der Waals surface area contributed by atoms with Gasteiger partial charge in [0.1, 0.15) is 73.2 Å². The predicted octanol–water partition coefficient (Wildman–Crippen LogP) is 15.3. The van der Waals surface area contributed by atoms with Crippen molar-refractivity contribution in [2.75, 3.05) is 26.4 Å². The van der Waals surface area contributed by atoms with Crippen molar-refractivity contribution in [1.82, 2.24) is 5.32 Å². The molecule has 1 amide bonds. The molecule has 17 unspecified atom stereocenters. The Labute approximate surface area is 641 Å². The fourth-order valence-electron chi connectivity index (χ4n) is 14.2. The van der Waals surface area contributed by atoms with E-state index in [0.717, 1.165) is 116 Å². The molecule has 19 nitrogen and oxygen atoms in total. The molecule has 0 aromatic carbocycles. The molecule has 19 heteroatoms. The highest BCUT2D eigenvalue weighted by atomic mass is 16.8. The average Bonchev–Trinajstić information content (AvgIpc) is 0.781. The lowest BCUT2D eigenvalue weighted by atomic mass is 9.96. The van der Waals surface area contributed by atoms with E-state index in [0.29, 0.717) is 12.8 Å². The number of nitrogens with one attached hydrogen (secondary N) is 1. The Morgan fingerprint density at radius 3 is 1.02 bits per heavy atom. The van der Waals surface area contributed by atoms with Crippen LogP contribution in [0.4, 0.5) is 0 Å². The fourth-order valence-corrected chi connectivity index (χ4v) is 14.2. The van der Waals surface area contributed by atoms with Crippen molar-refractivity contribution in [2.24, 2.45) is 0 Å². The van der Waals surface area contributed by atoms with Crippen LogP contribution in [0.2, 0.25) is 0 Å². The Bertz CT molecular complexity index is 2240. The van der Waals surface area contributed by atoms with Crippen LogP contribution < -0.4 is 5.32 Å². The number of aliphatic hydroxyl groups is 11. The van der Waals surface area contributed by atoms with Gasteiger partial charge in [0.2, 0.25) is 5.91 Å². The molecule has 3 fully saturated rings. The molecule has 3 saturated heterocycles. The van der Waals surface area contributed by atoms with Crippen LogP contribution in [0.1, 0.15) is 328 Å². The maximum Gasteiger partial charge on any atom is 0.220 e. The molecular weight excluding hydrogens is 1350 g/mol. The summed E-state index contributed by atoms with van der Waals surface area (Å²) in [7, 11) is 0. The second-order valence-electron chi connectivity index (χ2n) is 30.3. The number of hydrogen-bond acceptors (Lipinski definition) is 18. The Hall–Kier alpha value is -3.03. The SMILES string of the molecule is CC/C=C\C/C=C\C/C=C\C/C=C\C/C=C\C/C=C\C/C=C\CCCCCCCCCC(=O)NC(COC1OC(CO)C(OC2OC(CO)C(OC3OC(CO)C(O)C(O)C3O)C(O)C2O)C(O)C1O)C(O)CCCCCCCCCCCCCCCCCCCCCCCCCCCCCCCCCC. The molecule has 0 bridgehead atoms. The van der Waals surface area contributed by atoms with Crippen molar-refractivity contribution >= 4 is 5.91 Å². The third-order valence-electron chi connectivity index (χ3n) is 21.0. The summed E-state index contributed by atoms with van der Waals surface area (Å²) in [6.45, 7) is 1.72. The van der Waals surface area contributed by atoms with Gasteiger partial charge in [-0.1, -0.05) is 336 Å². The first kappa shape index (κ1) is 97.2. The molecule has 0 aromatic heterocycles. The van der Waals surface area contributed by atoms with Crippen molar-refractivity contribution in [3.05, 3.63) is 85.1 Å². The van der Waals surface area contributed by atoms with E-state index < -0.39 is 124 Å². The zero-order valence-corrected chi connectivity index (χ0v) is 66.2. The molecule has 12 N–H and O–H groups in total. The highest BCUT2D eigenvalue weighted by Gasteiger charge is 2.54. The summed E-state index contributed by atoms with van der Waals surface area (Å²) in [5.74, 6) is -0.253. The van der Waals surface area contributed by atoms with Gasteiger partial charge >= 0.3 is 0 Å². The van der Waals surface area contributed by atoms with Crippen molar-refractivity contribution < 1.29 is 89.4 Å². The third kappa shape index (κ3) is 45.5. The van der Waals surface area contributed by atoms with Crippen LogP contribution in [0.15, 0.2) is 85.1 Å². The number of hydrogen-bond donors (Lipinski definition) is 12. The first-order chi connectivity index (χ1) is 51.8. The van der Waals surface area contributed by atoms with Crippen LogP contribution in [0.25, 0.3) is 0 Å². The van der Waals surface area contributed by atoms with Gasteiger partial charge in [0.05, 0.1) is 38.6 Å². The second-order valence-corrected chi connectivity index (χ2v) is 30.3. The quantitative estimate of drug-likeness (QED) is 0.0199. The number of rotatable bonds is 68. The smallest absolute Gasteiger partial charge is 0.220 e. The zero-order chi connectivity index (χ0) is 76.7. The minimum Gasteiger partial charge on any atom is -0.394 e. The molecule has 3 rings (SSSR count). The lowest BCUT2D eigenvalue weighted by Crippen LogP contribution is -2.66. The van der Waals surface area contributed by atoms with E-state index in [1.54, 1.807) is 0 Å². The summed E-state index contributed by atoms with van der Waals surface area (Å²) in [5.41, 5.74) is 0. The van der Waals surface area contributed by atoms with Crippen molar-refractivity contribution in [1.29, 1.82) is 0 Å². The van der Waals surface area contributed by atoms with Gasteiger partial charge in [0.25, 0.3) is 0 Å². The topological polar surface area (TPSA) is 307 Å². The van der Waals surface area contributed by atoms with E-state index in [4.69, 9.17) is 28.4 Å². The van der Waals surface area contributed by atoms with Crippen LogP contribution in [-0.4, -0.2) is 193 Å². The summed E-state index contributed by atoms with van der Waals surface area (Å²) in [5, 5.41) is 121. The van der Waals surface area contributed by atoms with Crippen LogP contribution in [0.3, 0.4) is 0 Å². The van der Waals surface area contributed by atoms with Crippen molar-refractivity contribution in [3.8, 4) is 0 Å². The molecule has 0 aliphatic carbocycles. The summed E-state index contributed by atoms with van der Waals surface area (Å²) in [6, 6.07) is -0.902. The monoisotopic (exact) mass is 1500 g/mol. The van der Waals surface area contributed by atoms with E-state index in [-0.39, 0.29) is 18.9 Å². The Balaban J connectivity index is 1.35. The normalized spacial score (nSPS) is 26.1. The van der Waals surface area contributed by atoms with Gasteiger partial charge in [0.15, 0.2) is 18.9 Å². The minimum atomic E-state index is -1.98. The molecule has 0 saturated carbocycles. The Morgan fingerprint density at radius 1 is 0.349 bits per heavy atom. The van der Waals surface area contributed by atoms with Gasteiger partial charge in [-0.25, -0.2) is 0 Å². The summed E-state index contributed by atoms with van der Waals surface area (Å²) in [4.78, 5) is 13.5. The lowest BCUT2D eigenvalue weighted by molar-refractivity contribution is -0.379. The van der Waals surface area contributed by atoms with Gasteiger partial charge in [-0.3, -0.25) is 4.79 Å². The van der Waals surface area contributed by atoms with Gasteiger partial charge in [-0.2, -0.15) is 0 Å². The number of carbonyl (C=O) groups excluding carboxylic acids is 1. The van der Waals surface area contributed by atoms with Gasteiger partial charge in [0, 0.05) is 6.42 Å². The highest BCUT2D eigenvalue weighted by Crippen LogP contribution is 2.33. The third-order valence-corrected chi connectivity index (χ3v) is 21.0. The van der Waals surface area contributed by atoms with Crippen molar-refractivity contribution in [2.45, 2.75) is 433 Å². The molecular formula is C87H155NO18. The van der Waals surface area contributed by atoms with Crippen molar-refractivity contribution in [3.63, 3.8) is 0 Å². The molecule has 616 valence electrons. The number of aliphatic hydroxyl groups excluding tert-OH is 11. The molecule has 3 aliphatic rings. The van der Waals surface area contributed by atoms with E-state index in [9.17, 15) is 61.0 Å². The van der Waals surface area contributed by atoms with Crippen LogP contribution in [0, 0.1) is 0 Å². The summed E-state index contributed by atoms with van der Waals surface area (Å²) < 4.78 is 34.6. The largest absolute Gasteiger partial charge is 0.394 e. The number of allylic oxidation sites excluding steroid dienone is 14. The molecule has 0 spiro atoms. The number of ether oxygens (including phenoxy) is 6. The zero-order valence-electron chi connectivity index (χ0n) is 66.2. The first-order valence-electron chi connectivity index (χ1n) is 42.8. The van der Waals surface area contributed by atoms with Gasteiger partial charge in [-0.15, -0.1) is 0 Å². The Morgan fingerprint density at radius 2 is 0.651 bits per heavy atom. The van der Waals surface area contributed by atoms with Gasteiger partial charge < -0.3 is 89.9 Å². The molecule has 17 atom stereocenters. The molecule has 3 heterocycles. The van der Waals surface area contributed by atoms with E-state index in [2.05, 4.69) is 104 Å². The van der Waals surface area contributed by atoms with E-state index in [1.807, 2.05) is 0 Å². The van der Waals surface area contributed by atoms with E-state index >= 15 is 0 Å². The fraction of sp³-hybridized carbons (Fsp3) is 0.828. The Kier molecular flexibility index (Phi) is 61.0. The average molecular weight is 1500 g/mol. The maximum atomic E-state index is 13.5. The lowest BCUT2D eigenvalue weighted by Gasteiger charge is -2.48. The standard InChI is InChI=1S/C87H155NO18/c1-3-5-7-9-11-13-15-17-19-21-23-25-27-29-31-33-34-35-37-38-40-42-44-46-48-50-52-54-56-58-60-62-64-71(92)70(88-75(93)65-63-61-59-57-55-53-51-49-47-45-43-41-39-36-32-30-28-26-24-22-20-18-16-14-12-10-8-6-4-2)69-101-85-81(99)78(96)83(73(67-90)103-85)106-87-82(100)79(97)84(74(68-91)104-87)105-86-80(98)77(95)76(94)72(66-89)102-86/h6,8,12,14,18,20,24,26,30,32,39,41,45,47,70-74,76-87,89-92,94-100H,3-5,7,9-11,13,15-17,19,21-23,25,27-29,31,33-38,40,42-44,46,48-69H2,1-2H3,(H,88,93)/b8-6-,14-12-,20-18-,26-24-,32-30-,41-39-,47-45-. The maximum absolute atomic E-state index is 13.5. The van der Waals surface area contributed by atoms with Gasteiger partial charge in [-0.05, 0) is 70.6 Å². The molecule has 0 aromatic rings. The van der Waals surface area contributed by atoms with Crippen LogP contribution in [-0.2, 0) is 33.2 Å². The summed E-state index contributed by atoms with van der Waals surface area (Å²) >= 11 is 0. The predicted molar refractivity (Wildman–Crippen MR) is 424 cm³/mol. The van der Waals surface area contributed by atoms with E-state index in [1.165, 1.54) is 180 Å². The summed E-state index contributed by atoms with van der Waals surface area (Å²) in [6.07, 6.45) is 62.4.